The molecule has 1 nitrogen and oxygen atoms in total. The maximum absolute atomic E-state index is 5.95. The molecular formula is C10H14ClN. The minimum Gasteiger partial charge on any atom is -0.244 e. The molecule has 1 rings (SSSR count). The predicted octanol–water partition coefficient (Wildman–Crippen LogP) is 3.39. The van der Waals surface area contributed by atoms with Gasteiger partial charge in [0.05, 0.1) is 0 Å². The van der Waals surface area contributed by atoms with E-state index >= 15 is 0 Å². The molecule has 12 heavy (non-hydrogen) atoms. The number of hydrogen-bond donors (Lipinski definition) is 0. The van der Waals surface area contributed by atoms with Crippen molar-refractivity contribution in [3.05, 3.63) is 28.5 Å². The van der Waals surface area contributed by atoms with Crippen LogP contribution in [0.1, 0.15) is 30.9 Å². The van der Waals surface area contributed by atoms with Crippen LogP contribution in [-0.4, -0.2) is 4.98 Å². The van der Waals surface area contributed by atoms with Crippen molar-refractivity contribution < 1.29 is 0 Å². The molecule has 0 N–H and O–H groups in total. The fourth-order valence-corrected chi connectivity index (χ4v) is 1.51. The number of aryl methyl sites for hydroxylation is 1. The van der Waals surface area contributed by atoms with Crippen molar-refractivity contribution in [3.8, 4) is 0 Å². The molecular weight excluding hydrogens is 170 g/mol. The highest BCUT2D eigenvalue weighted by molar-refractivity contribution is 6.30. The van der Waals surface area contributed by atoms with Crippen LogP contribution in [0.2, 0.25) is 5.15 Å². The molecule has 0 saturated carbocycles. The highest BCUT2D eigenvalue weighted by Gasteiger charge is 2.02. The minimum atomic E-state index is 0.670. The summed E-state index contributed by atoms with van der Waals surface area (Å²) in [5, 5.41) is 0.670. The first-order valence-corrected chi connectivity index (χ1v) is 4.73. The molecule has 0 unspecified atom stereocenters. The fraction of sp³-hybridized carbons (Fsp3) is 0.500. The lowest BCUT2D eigenvalue weighted by atomic mass is 10.1. The highest BCUT2D eigenvalue weighted by Crippen LogP contribution is 2.18. The van der Waals surface area contributed by atoms with E-state index in [4.69, 9.17) is 11.6 Å². The first-order valence-electron chi connectivity index (χ1n) is 4.35. The Balaban J connectivity index is 2.81. The predicted molar refractivity (Wildman–Crippen MR) is 52.6 cm³/mol. The average Bonchev–Trinajstić information content (AvgIpc) is 2.04. The lowest BCUT2D eigenvalue weighted by molar-refractivity contribution is 0.788. The van der Waals surface area contributed by atoms with Gasteiger partial charge in [-0.25, -0.2) is 4.98 Å². The van der Waals surface area contributed by atoms with E-state index in [9.17, 15) is 0 Å². The van der Waals surface area contributed by atoms with E-state index in [-0.39, 0.29) is 0 Å². The van der Waals surface area contributed by atoms with Gasteiger partial charge < -0.3 is 0 Å². The Labute approximate surface area is 78.8 Å². The monoisotopic (exact) mass is 183 g/mol. The van der Waals surface area contributed by atoms with Gasteiger partial charge in [0.1, 0.15) is 5.15 Å². The second-order valence-electron chi connectivity index (χ2n) is 3.00. The standard InChI is InChI=1S/C10H14ClN/c1-3-4-5-9-8(2)6-7-12-10(9)11/h6-7H,3-5H2,1-2H3. The van der Waals surface area contributed by atoms with Gasteiger partial charge in [0, 0.05) is 6.20 Å². The molecule has 0 radical (unpaired) electrons. The molecule has 0 atom stereocenters. The topological polar surface area (TPSA) is 12.9 Å². The summed E-state index contributed by atoms with van der Waals surface area (Å²) in [5.41, 5.74) is 2.46. The smallest absolute Gasteiger partial charge is 0.132 e. The Kier molecular flexibility index (Phi) is 3.54. The fourth-order valence-electron chi connectivity index (χ4n) is 1.21. The van der Waals surface area contributed by atoms with Gasteiger partial charge in [0.2, 0.25) is 0 Å². The van der Waals surface area contributed by atoms with Crippen molar-refractivity contribution in [2.45, 2.75) is 33.1 Å². The van der Waals surface area contributed by atoms with Crippen molar-refractivity contribution in [2.24, 2.45) is 0 Å². The van der Waals surface area contributed by atoms with E-state index in [0.717, 1.165) is 6.42 Å². The summed E-state index contributed by atoms with van der Waals surface area (Å²) in [6.45, 7) is 4.26. The Bertz CT molecular complexity index is 238. The van der Waals surface area contributed by atoms with Crippen molar-refractivity contribution in [2.75, 3.05) is 0 Å². The van der Waals surface area contributed by atoms with Crippen molar-refractivity contribution >= 4 is 11.6 Å². The zero-order chi connectivity index (χ0) is 8.97. The number of pyridine rings is 1. The van der Waals surface area contributed by atoms with E-state index in [1.54, 1.807) is 6.20 Å². The second kappa shape index (κ2) is 4.46. The minimum absolute atomic E-state index is 0.670. The van der Waals surface area contributed by atoms with Gasteiger partial charge in [-0.2, -0.15) is 0 Å². The third-order valence-electron chi connectivity index (χ3n) is 2.02. The van der Waals surface area contributed by atoms with E-state index in [0.29, 0.717) is 5.15 Å². The van der Waals surface area contributed by atoms with Gasteiger partial charge in [0.25, 0.3) is 0 Å². The molecule has 66 valence electrons. The van der Waals surface area contributed by atoms with Gasteiger partial charge in [-0.1, -0.05) is 24.9 Å². The molecule has 2 heteroatoms. The number of rotatable bonds is 3. The van der Waals surface area contributed by atoms with Gasteiger partial charge in [-0.05, 0) is 37.0 Å². The Morgan fingerprint density at radius 2 is 2.25 bits per heavy atom. The first-order chi connectivity index (χ1) is 5.75. The van der Waals surface area contributed by atoms with E-state index in [2.05, 4.69) is 18.8 Å². The number of hydrogen-bond acceptors (Lipinski definition) is 1. The SMILES string of the molecule is CCCCc1c(C)ccnc1Cl. The maximum Gasteiger partial charge on any atom is 0.132 e. The van der Waals surface area contributed by atoms with Crippen molar-refractivity contribution in [1.29, 1.82) is 0 Å². The normalized spacial score (nSPS) is 10.2. The third-order valence-corrected chi connectivity index (χ3v) is 2.34. The van der Waals surface area contributed by atoms with Crippen LogP contribution in [-0.2, 0) is 6.42 Å². The number of aromatic nitrogens is 1. The van der Waals surface area contributed by atoms with E-state index in [1.807, 2.05) is 6.07 Å². The molecule has 1 aromatic heterocycles. The molecule has 0 fully saturated rings. The lowest BCUT2D eigenvalue weighted by Gasteiger charge is -2.05. The number of halogens is 1. The van der Waals surface area contributed by atoms with E-state index < -0.39 is 0 Å². The summed E-state index contributed by atoms with van der Waals surface area (Å²) in [5.74, 6) is 0. The summed E-state index contributed by atoms with van der Waals surface area (Å²) < 4.78 is 0. The first kappa shape index (κ1) is 9.53. The summed E-state index contributed by atoms with van der Waals surface area (Å²) in [7, 11) is 0. The van der Waals surface area contributed by atoms with Crippen molar-refractivity contribution in [3.63, 3.8) is 0 Å². The molecule has 0 amide bonds. The van der Waals surface area contributed by atoms with Gasteiger partial charge in [-0.15, -0.1) is 0 Å². The summed E-state index contributed by atoms with van der Waals surface area (Å²) in [4.78, 5) is 4.06. The second-order valence-corrected chi connectivity index (χ2v) is 3.36. The lowest BCUT2D eigenvalue weighted by Crippen LogP contribution is -1.92. The van der Waals surface area contributed by atoms with Crippen LogP contribution in [0.3, 0.4) is 0 Å². The largest absolute Gasteiger partial charge is 0.244 e. The van der Waals surface area contributed by atoms with Crippen LogP contribution in [0.4, 0.5) is 0 Å². The quantitative estimate of drug-likeness (QED) is 0.655. The number of nitrogens with zero attached hydrogens (tertiary/aromatic N) is 1. The molecule has 1 aromatic rings. The van der Waals surface area contributed by atoms with Gasteiger partial charge >= 0.3 is 0 Å². The molecule has 0 aliphatic rings. The van der Waals surface area contributed by atoms with Crippen molar-refractivity contribution in [1.82, 2.24) is 4.98 Å². The van der Waals surface area contributed by atoms with Crippen LogP contribution in [0.15, 0.2) is 12.3 Å². The molecule has 0 saturated heterocycles. The van der Waals surface area contributed by atoms with E-state index in [1.165, 1.54) is 24.0 Å². The van der Waals surface area contributed by atoms with Crippen LogP contribution in [0, 0.1) is 6.92 Å². The summed E-state index contributed by atoms with van der Waals surface area (Å²) in [6.07, 6.45) is 5.19. The Hall–Kier alpha value is -0.560. The zero-order valence-corrected chi connectivity index (χ0v) is 8.36. The molecule has 1 heterocycles. The van der Waals surface area contributed by atoms with Crippen LogP contribution in [0.5, 0.6) is 0 Å². The van der Waals surface area contributed by atoms with Gasteiger partial charge in [0.15, 0.2) is 0 Å². The Morgan fingerprint density at radius 3 is 2.83 bits per heavy atom. The highest BCUT2D eigenvalue weighted by atomic mass is 35.5. The van der Waals surface area contributed by atoms with Crippen LogP contribution in [0.25, 0.3) is 0 Å². The molecule has 0 aliphatic heterocycles. The zero-order valence-electron chi connectivity index (χ0n) is 7.60. The average molecular weight is 184 g/mol. The third kappa shape index (κ3) is 2.21. The van der Waals surface area contributed by atoms with Crippen LogP contribution >= 0.6 is 11.6 Å². The molecule has 0 spiro atoms. The molecule has 0 aromatic carbocycles. The summed E-state index contributed by atoms with van der Waals surface area (Å²) >= 11 is 5.95. The molecule has 0 bridgehead atoms. The summed E-state index contributed by atoms with van der Waals surface area (Å²) in [6, 6.07) is 2.01. The molecule has 0 aliphatic carbocycles. The Morgan fingerprint density at radius 1 is 1.50 bits per heavy atom. The van der Waals surface area contributed by atoms with Gasteiger partial charge in [-0.3, -0.25) is 0 Å². The number of unbranched alkanes of at least 4 members (excludes halogenated alkanes) is 1. The van der Waals surface area contributed by atoms with Crippen LogP contribution < -0.4 is 0 Å². The maximum atomic E-state index is 5.95.